The first-order chi connectivity index (χ1) is 35.0. The van der Waals surface area contributed by atoms with E-state index in [0.29, 0.717) is 17.3 Å². The minimum absolute atomic E-state index is 0. The zero-order chi connectivity index (χ0) is 51.2. The predicted octanol–water partition coefficient (Wildman–Crippen LogP) is 14.1. The van der Waals surface area contributed by atoms with E-state index in [0.717, 1.165) is 52.4 Å². The maximum atomic E-state index is 5.16. The molecule has 0 atom stereocenters. The Labute approximate surface area is 492 Å². The Balaban J connectivity index is 0.000000210. The molecule has 0 saturated carbocycles. The third-order valence-corrected chi connectivity index (χ3v) is 12.8. The molecule has 0 spiro atoms. The van der Waals surface area contributed by atoms with E-state index in [1.165, 1.54) is 44.5 Å². The molecule has 368 valence electrons. The fraction of sp³-hybridized carbons (Fsp3) is 0.133. The second kappa shape index (κ2) is 35.2. The van der Waals surface area contributed by atoms with Crippen LogP contribution in [0.4, 0.5) is 0 Å². The molecule has 0 fully saturated rings. The van der Waals surface area contributed by atoms with Crippen LogP contribution in [0.5, 0.6) is 0 Å². The molecular formula is C60H56N4S8Ti. The zero-order valence-electron chi connectivity index (χ0n) is 40.3. The van der Waals surface area contributed by atoms with Gasteiger partial charge in [-0.15, -0.1) is 0 Å². The van der Waals surface area contributed by atoms with E-state index in [1.54, 1.807) is 0 Å². The van der Waals surface area contributed by atoms with Crippen LogP contribution in [0.1, 0.15) is 44.5 Å². The zero-order valence-corrected chi connectivity index (χ0v) is 48.4. The summed E-state index contributed by atoms with van der Waals surface area (Å²) in [7, 11) is 0. The quantitative estimate of drug-likeness (QED) is 0.0520. The van der Waals surface area contributed by atoms with Gasteiger partial charge in [-0.05, 0) is 44.5 Å². The number of benzene rings is 8. The first-order valence-corrected chi connectivity index (χ1v) is 26.4. The average molecular weight is 1140 g/mol. The molecular weight excluding hydrogens is 1080 g/mol. The molecule has 0 amide bonds. The number of hydrogen-bond acceptors (Lipinski definition) is 8. The molecule has 0 aromatic heterocycles. The van der Waals surface area contributed by atoms with E-state index in [9.17, 15) is 0 Å². The smallest absolute Gasteiger partial charge is 0.411 e. The van der Waals surface area contributed by atoms with Crippen molar-refractivity contribution < 1.29 is 21.7 Å². The van der Waals surface area contributed by atoms with Gasteiger partial charge in [-0.1, -0.05) is 260 Å². The first kappa shape index (κ1) is 60.5. The second-order valence-electron chi connectivity index (χ2n) is 16.4. The molecule has 73 heavy (non-hydrogen) atoms. The minimum atomic E-state index is 0. The summed E-state index contributed by atoms with van der Waals surface area (Å²) in [6.07, 6.45) is 0. The summed E-state index contributed by atoms with van der Waals surface area (Å²) in [6, 6.07) is 82.0. The molecule has 13 heteroatoms. The number of hydrogen-bond donors (Lipinski definition) is 0. The monoisotopic (exact) mass is 1140 g/mol. The van der Waals surface area contributed by atoms with Crippen molar-refractivity contribution in [2.45, 2.75) is 52.4 Å². The van der Waals surface area contributed by atoms with Crippen molar-refractivity contribution >= 4 is 117 Å². The largest absolute Gasteiger partial charge is 4.00 e. The van der Waals surface area contributed by atoms with Crippen molar-refractivity contribution in [2.75, 3.05) is 0 Å². The van der Waals surface area contributed by atoms with Crippen molar-refractivity contribution in [2.24, 2.45) is 0 Å². The van der Waals surface area contributed by atoms with Gasteiger partial charge in [-0.2, -0.15) is 0 Å². The van der Waals surface area contributed by atoms with Crippen LogP contribution in [0, 0.1) is 0 Å². The summed E-state index contributed by atoms with van der Waals surface area (Å²) in [5.41, 5.74) is 9.78. The van der Waals surface area contributed by atoms with E-state index in [4.69, 9.17) is 99.4 Å². The van der Waals surface area contributed by atoms with Gasteiger partial charge >= 0.3 is 21.7 Å². The van der Waals surface area contributed by atoms with E-state index in [-0.39, 0.29) is 21.7 Å². The van der Waals surface area contributed by atoms with Crippen LogP contribution in [0.2, 0.25) is 0 Å². The van der Waals surface area contributed by atoms with Crippen LogP contribution in [0.15, 0.2) is 243 Å². The van der Waals surface area contributed by atoms with Crippen molar-refractivity contribution in [3.63, 3.8) is 0 Å². The van der Waals surface area contributed by atoms with Crippen molar-refractivity contribution in [1.29, 1.82) is 0 Å². The molecule has 0 saturated heterocycles. The predicted molar refractivity (Wildman–Crippen MR) is 328 cm³/mol. The normalized spacial score (nSPS) is 9.86. The van der Waals surface area contributed by atoms with Crippen LogP contribution in [0.25, 0.3) is 0 Å². The third kappa shape index (κ3) is 24.7. The first-order valence-electron chi connectivity index (χ1n) is 23.2. The van der Waals surface area contributed by atoms with Crippen LogP contribution in [0.3, 0.4) is 0 Å². The summed E-state index contributed by atoms with van der Waals surface area (Å²) in [6.45, 7) is 6.10. The molecule has 0 aliphatic rings. The molecule has 8 aromatic carbocycles. The van der Waals surface area contributed by atoms with Gasteiger partial charge < -0.3 is 119 Å². The Hall–Kier alpha value is -5.09. The Kier molecular flexibility index (Phi) is 29.1. The van der Waals surface area contributed by atoms with Crippen LogP contribution >= 0.6 is 48.9 Å². The molecule has 0 N–H and O–H groups in total. The van der Waals surface area contributed by atoms with Gasteiger partial charge in [0.2, 0.25) is 0 Å². The maximum Gasteiger partial charge on any atom is 4.00 e. The van der Waals surface area contributed by atoms with Gasteiger partial charge in [0.25, 0.3) is 0 Å². The topological polar surface area (TPSA) is 13.0 Å². The van der Waals surface area contributed by atoms with Gasteiger partial charge in [-0.3, -0.25) is 0 Å². The molecule has 0 radical (unpaired) electrons. The molecule has 0 unspecified atom stereocenters. The number of nitrogens with zero attached hydrogens (tertiary/aromatic N) is 4. The number of rotatable bonds is 16. The van der Waals surface area contributed by atoms with E-state index >= 15 is 0 Å². The Morgan fingerprint density at radius 3 is 0.397 bits per heavy atom. The summed E-state index contributed by atoms with van der Waals surface area (Å²) >= 11 is 41.2. The van der Waals surface area contributed by atoms with Gasteiger partial charge in [-0.25, -0.2) is 0 Å². The SMILES string of the molecule is S=C([S-])N(Cc1ccccc1)Cc1ccccc1.S=C([S-])N(Cc1ccccc1)Cc1ccccc1.S=C([S-])N(Cc1ccccc1)Cc1ccccc1.S=C([S-])N(Cc1ccccc1)Cc1ccccc1.[Ti+4]. The van der Waals surface area contributed by atoms with Crippen LogP contribution in [-0.4, -0.2) is 36.9 Å². The van der Waals surface area contributed by atoms with Gasteiger partial charge in [0, 0.05) is 52.4 Å². The third-order valence-electron chi connectivity index (χ3n) is 10.8. The van der Waals surface area contributed by atoms with E-state index < -0.39 is 0 Å². The van der Waals surface area contributed by atoms with E-state index in [2.05, 4.69) is 97.1 Å². The second-order valence-corrected chi connectivity index (χ2v) is 20.5. The fourth-order valence-corrected chi connectivity index (χ4v) is 8.20. The van der Waals surface area contributed by atoms with Crippen molar-refractivity contribution in [1.82, 2.24) is 19.6 Å². The molecule has 8 rings (SSSR count). The van der Waals surface area contributed by atoms with Crippen molar-refractivity contribution in [3.05, 3.63) is 287 Å². The van der Waals surface area contributed by atoms with E-state index in [1.807, 2.05) is 165 Å². The Bertz CT molecular complexity index is 2220. The molecule has 0 heterocycles. The summed E-state index contributed by atoms with van der Waals surface area (Å²) in [4.78, 5) is 8.15. The van der Waals surface area contributed by atoms with Crippen molar-refractivity contribution in [3.8, 4) is 0 Å². The van der Waals surface area contributed by atoms with Gasteiger partial charge in [0.15, 0.2) is 0 Å². The maximum absolute atomic E-state index is 5.16. The molecule has 8 aromatic rings. The number of thiocarbonyl (C=S) groups is 4. The average Bonchev–Trinajstić information content (AvgIpc) is 3.41. The Morgan fingerprint density at radius 1 is 0.219 bits per heavy atom. The standard InChI is InChI=1S/4C15H15NS2.Ti/c4*17-15(18)16(11-13-7-3-1-4-8-13)12-14-9-5-2-6-10-14;/h4*1-10H,11-12H2,(H,17,18);/q;;;;+4/p-4. The van der Waals surface area contributed by atoms with Crippen LogP contribution in [-0.2, 0) is 125 Å². The fourth-order valence-electron chi connectivity index (χ4n) is 7.17. The summed E-state index contributed by atoms with van der Waals surface area (Å²) in [5, 5.41) is 0. The molecule has 4 nitrogen and oxygen atoms in total. The summed E-state index contributed by atoms with van der Waals surface area (Å²) < 4.78 is 2.07. The van der Waals surface area contributed by atoms with Crippen LogP contribution < -0.4 is 0 Å². The molecule has 0 aliphatic heterocycles. The summed E-state index contributed by atoms with van der Waals surface area (Å²) in [5.74, 6) is 0. The minimum Gasteiger partial charge on any atom is -0.411 e. The molecule has 0 bridgehead atoms. The van der Waals surface area contributed by atoms with Gasteiger partial charge in [0.1, 0.15) is 0 Å². The van der Waals surface area contributed by atoms with Gasteiger partial charge in [0.05, 0.1) is 0 Å². The Morgan fingerprint density at radius 2 is 0.315 bits per heavy atom. The molecule has 0 aliphatic carbocycles.